The van der Waals surface area contributed by atoms with Gasteiger partial charge in [-0.1, -0.05) is 0 Å². The van der Waals surface area contributed by atoms with Crippen LogP contribution in [0.1, 0.15) is 11.4 Å². The summed E-state index contributed by atoms with van der Waals surface area (Å²) < 4.78 is 0. The first kappa shape index (κ1) is 6.27. The fourth-order valence-corrected chi connectivity index (χ4v) is 0.933. The molecule has 56 valence electrons. The quantitative estimate of drug-likeness (QED) is 0.605. The Morgan fingerprint density at radius 2 is 1.91 bits per heavy atom. The third kappa shape index (κ3) is 0.869. The lowest BCUT2D eigenvalue weighted by atomic mass is 10.3. The summed E-state index contributed by atoms with van der Waals surface area (Å²) in [6.07, 6.45) is 1.60. The molecule has 2 aromatic heterocycles. The molecule has 0 amide bonds. The Kier molecular flexibility index (Phi) is 1.15. The maximum absolute atomic E-state index is 4.25. The SMILES string of the molecule is Cc1nc2nc[nH]c2nc1C. The van der Waals surface area contributed by atoms with Gasteiger partial charge in [0.2, 0.25) is 0 Å². The number of aromatic nitrogens is 4. The summed E-state index contributed by atoms with van der Waals surface area (Å²) in [4.78, 5) is 15.4. The lowest BCUT2D eigenvalue weighted by Gasteiger charge is -1.95. The van der Waals surface area contributed by atoms with Crippen molar-refractivity contribution in [2.45, 2.75) is 13.8 Å². The topological polar surface area (TPSA) is 54.5 Å². The Bertz CT molecular complexity index is 354. The smallest absolute Gasteiger partial charge is 0.197 e. The molecule has 0 aliphatic rings. The Hall–Kier alpha value is -1.45. The van der Waals surface area contributed by atoms with E-state index in [0.717, 1.165) is 17.0 Å². The van der Waals surface area contributed by atoms with Crippen LogP contribution in [0.3, 0.4) is 0 Å². The van der Waals surface area contributed by atoms with Crippen LogP contribution >= 0.6 is 0 Å². The van der Waals surface area contributed by atoms with E-state index in [1.807, 2.05) is 13.8 Å². The summed E-state index contributed by atoms with van der Waals surface area (Å²) in [6, 6.07) is 0. The van der Waals surface area contributed by atoms with Gasteiger partial charge in [0.05, 0.1) is 17.7 Å². The monoisotopic (exact) mass is 148 g/mol. The van der Waals surface area contributed by atoms with Gasteiger partial charge in [-0.15, -0.1) is 0 Å². The van der Waals surface area contributed by atoms with Crippen molar-refractivity contribution in [2.24, 2.45) is 0 Å². The number of aromatic amines is 1. The van der Waals surface area contributed by atoms with Crippen LogP contribution in [0.25, 0.3) is 11.3 Å². The third-order valence-corrected chi connectivity index (χ3v) is 1.68. The van der Waals surface area contributed by atoms with E-state index in [1.54, 1.807) is 6.33 Å². The Labute approximate surface area is 63.7 Å². The zero-order chi connectivity index (χ0) is 7.84. The molecule has 0 saturated heterocycles. The van der Waals surface area contributed by atoms with Gasteiger partial charge in [0, 0.05) is 0 Å². The summed E-state index contributed by atoms with van der Waals surface area (Å²) in [5.41, 5.74) is 3.33. The zero-order valence-electron chi connectivity index (χ0n) is 6.42. The van der Waals surface area contributed by atoms with Gasteiger partial charge in [-0.3, -0.25) is 0 Å². The molecule has 4 heteroatoms. The molecule has 0 saturated carbocycles. The first-order valence-corrected chi connectivity index (χ1v) is 3.41. The van der Waals surface area contributed by atoms with Crippen LogP contribution in [0, 0.1) is 13.8 Å². The van der Waals surface area contributed by atoms with Crippen molar-refractivity contribution < 1.29 is 0 Å². The molecular formula is C7H8N4. The highest BCUT2D eigenvalue weighted by Crippen LogP contribution is 2.06. The second-order valence-electron chi connectivity index (χ2n) is 2.47. The van der Waals surface area contributed by atoms with E-state index < -0.39 is 0 Å². The van der Waals surface area contributed by atoms with Gasteiger partial charge >= 0.3 is 0 Å². The summed E-state index contributed by atoms with van der Waals surface area (Å²) in [7, 11) is 0. The molecule has 2 heterocycles. The van der Waals surface area contributed by atoms with Gasteiger partial charge < -0.3 is 4.98 Å². The normalized spacial score (nSPS) is 10.7. The minimum Gasteiger partial charge on any atom is -0.328 e. The van der Waals surface area contributed by atoms with Gasteiger partial charge in [0.1, 0.15) is 0 Å². The number of nitrogens with one attached hydrogen (secondary N) is 1. The van der Waals surface area contributed by atoms with E-state index in [1.165, 1.54) is 0 Å². The van der Waals surface area contributed by atoms with Crippen LogP contribution in [-0.4, -0.2) is 19.9 Å². The molecule has 11 heavy (non-hydrogen) atoms. The van der Waals surface area contributed by atoms with Crippen LogP contribution < -0.4 is 0 Å². The van der Waals surface area contributed by atoms with E-state index in [4.69, 9.17) is 0 Å². The van der Waals surface area contributed by atoms with Crippen molar-refractivity contribution in [3.05, 3.63) is 17.7 Å². The van der Waals surface area contributed by atoms with Gasteiger partial charge in [0.15, 0.2) is 11.3 Å². The lowest BCUT2D eigenvalue weighted by Crippen LogP contribution is -1.91. The standard InChI is InChI=1S/C7H8N4/c1-4-5(2)11-7-6(10-4)8-3-9-7/h3H,1-2H3,(H,8,9,10,11). The van der Waals surface area contributed by atoms with E-state index in [-0.39, 0.29) is 0 Å². The van der Waals surface area contributed by atoms with Crippen molar-refractivity contribution in [1.29, 1.82) is 0 Å². The molecule has 0 spiro atoms. The molecule has 0 atom stereocenters. The number of hydrogen-bond acceptors (Lipinski definition) is 3. The summed E-state index contributed by atoms with van der Waals surface area (Å²) in [5, 5.41) is 0. The van der Waals surface area contributed by atoms with Crippen LogP contribution in [-0.2, 0) is 0 Å². The van der Waals surface area contributed by atoms with Crippen molar-refractivity contribution in [2.75, 3.05) is 0 Å². The highest BCUT2D eigenvalue weighted by Gasteiger charge is 2.01. The summed E-state index contributed by atoms with van der Waals surface area (Å²) >= 11 is 0. The largest absolute Gasteiger partial charge is 0.328 e. The van der Waals surface area contributed by atoms with Gasteiger partial charge in [0.25, 0.3) is 0 Å². The van der Waals surface area contributed by atoms with E-state index in [2.05, 4.69) is 19.9 Å². The van der Waals surface area contributed by atoms with Gasteiger partial charge in [-0.25, -0.2) is 15.0 Å². The molecule has 0 bridgehead atoms. The van der Waals surface area contributed by atoms with Crippen LogP contribution in [0.15, 0.2) is 6.33 Å². The summed E-state index contributed by atoms with van der Waals surface area (Å²) in [6.45, 7) is 3.86. The Morgan fingerprint density at radius 3 is 2.73 bits per heavy atom. The van der Waals surface area contributed by atoms with Crippen molar-refractivity contribution in [1.82, 2.24) is 19.9 Å². The molecule has 0 unspecified atom stereocenters. The van der Waals surface area contributed by atoms with Crippen molar-refractivity contribution in [3.63, 3.8) is 0 Å². The average Bonchev–Trinajstić information content (AvgIpc) is 2.36. The number of nitrogens with zero attached hydrogens (tertiary/aromatic N) is 3. The lowest BCUT2D eigenvalue weighted by molar-refractivity contribution is 1.09. The first-order chi connectivity index (χ1) is 5.27. The fourth-order valence-electron chi connectivity index (χ4n) is 0.933. The Balaban J connectivity index is 2.86. The molecular weight excluding hydrogens is 140 g/mol. The third-order valence-electron chi connectivity index (χ3n) is 1.68. The molecule has 0 aromatic carbocycles. The van der Waals surface area contributed by atoms with Crippen molar-refractivity contribution >= 4 is 11.3 Å². The highest BCUT2D eigenvalue weighted by molar-refractivity contribution is 5.64. The van der Waals surface area contributed by atoms with Crippen molar-refractivity contribution in [3.8, 4) is 0 Å². The Morgan fingerprint density at radius 1 is 1.18 bits per heavy atom. The molecule has 0 aliphatic heterocycles. The second kappa shape index (κ2) is 2.02. The van der Waals surface area contributed by atoms with Gasteiger partial charge in [-0.2, -0.15) is 0 Å². The van der Waals surface area contributed by atoms with Crippen LogP contribution in [0.4, 0.5) is 0 Å². The van der Waals surface area contributed by atoms with Crippen LogP contribution in [0.2, 0.25) is 0 Å². The first-order valence-electron chi connectivity index (χ1n) is 3.41. The number of aryl methyl sites for hydroxylation is 2. The maximum Gasteiger partial charge on any atom is 0.197 e. The molecule has 0 aliphatic carbocycles. The predicted octanol–water partition coefficient (Wildman–Crippen LogP) is 0.970. The van der Waals surface area contributed by atoms with Gasteiger partial charge in [-0.05, 0) is 13.8 Å². The molecule has 4 nitrogen and oxygen atoms in total. The highest BCUT2D eigenvalue weighted by atomic mass is 15.0. The molecule has 1 N–H and O–H groups in total. The fraction of sp³-hybridized carbons (Fsp3) is 0.286. The number of hydrogen-bond donors (Lipinski definition) is 1. The minimum absolute atomic E-state index is 0.688. The number of rotatable bonds is 0. The van der Waals surface area contributed by atoms with Crippen LogP contribution in [0.5, 0.6) is 0 Å². The second-order valence-corrected chi connectivity index (χ2v) is 2.47. The van der Waals surface area contributed by atoms with E-state index in [9.17, 15) is 0 Å². The molecule has 2 aromatic rings. The van der Waals surface area contributed by atoms with E-state index in [0.29, 0.717) is 5.65 Å². The predicted molar refractivity (Wildman–Crippen MR) is 41.2 cm³/mol. The average molecular weight is 148 g/mol. The minimum atomic E-state index is 0.688. The molecule has 0 fully saturated rings. The molecule has 0 radical (unpaired) electrons. The number of H-pyrrole nitrogens is 1. The number of fused-ring (bicyclic) bond motifs is 1. The molecule has 2 rings (SSSR count). The maximum atomic E-state index is 4.25. The number of imidazole rings is 1. The summed E-state index contributed by atoms with van der Waals surface area (Å²) in [5.74, 6) is 0. The zero-order valence-corrected chi connectivity index (χ0v) is 6.42. The van der Waals surface area contributed by atoms with E-state index >= 15 is 0 Å².